The molecule has 1 saturated heterocycles. The van der Waals surface area contributed by atoms with Crippen molar-refractivity contribution in [3.8, 4) is 5.75 Å². The van der Waals surface area contributed by atoms with E-state index in [2.05, 4.69) is 26.1 Å². The van der Waals surface area contributed by atoms with E-state index < -0.39 is 10.8 Å². The number of anilines is 3. The number of thiocarbonyl (C=S) groups is 1. The van der Waals surface area contributed by atoms with Crippen LogP contribution in [0, 0.1) is 10.1 Å². The molecule has 12 heteroatoms. The molecule has 4 rings (SSSR count). The van der Waals surface area contributed by atoms with E-state index >= 15 is 0 Å². The number of halogens is 1. The van der Waals surface area contributed by atoms with Crippen LogP contribution in [0.15, 0.2) is 76.1 Å². The van der Waals surface area contributed by atoms with Gasteiger partial charge in [0.05, 0.1) is 15.5 Å². The predicted molar refractivity (Wildman–Crippen MR) is 167 cm³/mol. The molecule has 1 N–H and O–H groups in total. The second kappa shape index (κ2) is 13.1. The molecule has 0 bridgehead atoms. The van der Waals surface area contributed by atoms with Crippen molar-refractivity contribution in [3.05, 3.63) is 91.8 Å². The van der Waals surface area contributed by atoms with Crippen LogP contribution in [0.2, 0.25) is 0 Å². The van der Waals surface area contributed by atoms with Crippen LogP contribution in [-0.2, 0) is 9.59 Å². The Kier molecular flexibility index (Phi) is 9.56. The van der Waals surface area contributed by atoms with Crippen LogP contribution in [0.3, 0.4) is 0 Å². The maximum Gasteiger partial charge on any atom is 0.271 e. The topological polar surface area (TPSA) is 105 Å². The van der Waals surface area contributed by atoms with Crippen molar-refractivity contribution in [3.63, 3.8) is 0 Å². The molecule has 0 radical (unpaired) electrons. The van der Waals surface area contributed by atoms with E-state index in [1.54, 1.807) is 12.1 Å². The molecule has 3 aromatic carbocycles. The van der Waals surface area contributed by atoms with Gasteiger partial charge >= 0.3 is 0 Å². The summed E-state index contributed by atoms with van der Waals surface area (Å²) in [6.07, 6.45) is 1.71. The maximum atomic E-state index is 13.3. The van der Waals surface area contributed by atoms with Crippen LogP contribution in [0.1, 0.15) is 19.4 Å². The number of non-ortho nitro benzene ring substituents is 1. The number of benzene rings is 3. The molecular weight excluding hydrogens is 616 g/mol. The number of rotatable bonds is 10. The largest absolute Gasteiger partial charge is 0.483 e. The molecule has 0 atom stereocenters. The second-order valence-electron chi connectivity index (χ2n) is 8.54. The van der Waals surface area contributed by atoms with Crippen molar-refractivity contribution < 1.29 is 19.2 Å². The summed E-state index contributed by atoms with van der Waals surface area (Å²) >= 11 is 10.1. The van der Waals surface area contributed by atoms with Crippen LogP contribution in [-0.4, -0.2) is 40.8 Å². The molecule has 1 aliphatic rings. The van der Waals surface area contributed by atoms with Crippen LogP contribution in [0.25, 0.3) is 6.08 Å². The lowest BCUT2D eigenvalue weighted by Crippen LogP contribution is -2.27. The highest BCUT2D eigenvalue weighted by Gasteiger charge is 2.33. The Morgan fingerprint density at radius 2 is 1.90 bits per heavy atom. The third-order valence-electron chi connectivity index (χ3n) is 5.97. The Bertz CT molecular complexity index is 1510. The van der Waals surface area contributed by atoms with Gasteiger partial charge in [0.15, 0.2) is 10.9 Å². The van der Waals surface area contributed by atoms with Gasteiger partial charge in [0.2, 0.25) is 0 Å². The summed E-state index contributed by atoms with van der Waals surface area (Å²) in [5, 5.41) is 13.7. The molecule has 1 heterocycles. The number of nitrogens with zero attached hydrogens (tertiary/aromatic N) is 3. The smallest absolute Gasteiger partial charge is 0.271 e. The van der Waals surface area contributed by atoms with Crippen LogP contribution in [0.5, 0.6) is 5.75 Å². The van der Waals surface area contributed by atoms with Gasteiger partial charge in [-0.3, -0.25) is 24.6 Å². The van der Waals surface area contributed by atoms with E-state index in [0.717, 1.165) is 23.2 Å². The molecule has 206 valence electrons. The number of carbonyl (C=O) groups excluding carboxylic acids is 2. The first-order chi connectivity index (χ1) is 19.2. The number of nitro groups is 1. The van der Waals surface area contributed by atoms with Crippen LogP contribution >= 0.6 is 39.9 Å². The lowest BCUT2D eigenvalue weighted by atomic mass is 10.1. The minimum absolute atomic E-state index is 0.131. The third-order valence-corrected chi connectivity index (χ3v) is 7.77. The fourth-order valence-corrected chi connectivity index (χ4v) is 5.71. The highest BCUT2D eigenvalue weighted by atomic mass is 79.9. The van der Waals surface area contributed by atoms with E-state index in [0.29, 0.717) is 26.2 Å². The summed E-state index contributed by atoms with van der Waals surface area (Å²) in [5.74, 6) is -0.331. The van der Waals surface area contributed by atoms with Gasteiger partial charge in [-0.2, -0.15) is 0 Å². The first-order valence-corrected chi connectivity index (χ1v) is 14.3. The molecule has 2 amide bonds. The van der Waals surface area contributed by atoms with Crippen molar-refractivity contribution in [2.24, 2.45) is 0 Å². The van der Waals surface area contributed by atoms with Crippen LogP contribution < -0.4 is 19.9 Å². The molecular formula is C28H25BrN4O5S2. The van der Waals surface area contributed by atoms with Gasteiger partial charge in [-0.05, 0) is 56.3 Å². The molecule has 0 aliphatic carbocycles. The molecule has 9 nitrogen and oxygen atoms in total. The zero-order valence-corrected chi connectivity index (χ0v) is 24.8. The Balaban J connectivity index is 1.59. The average molecular weight is 642 g/mol. The van der Waals surface area contributed by atoms with Gasteiger partial charge < -0.3 is 15.0 Å². The van der Waals surface area contributed by atoms with Crippen molar-refractivity contribution in [1.82, 2.24) is 0 Å². The Morgan fingerprint density at radius 1 is 1.15 bits per heavy atom. The number of nitrogens with one attached hydrogen (secondary N) is 1. The third kappa shape index (κ3) is 6.87. The standard InChI is InChI=1S/C28H25BrN4O5S2/c1-3-31(4-2)21-12-11-18(13-25-27(35)32(28(39)40-25)22-9-5-7-19(29)14-22)24(16-21)38-17-26(34)30-20-8-6-10-23(15-20)33(36)37/h5-16H,3-4,17H2,1-2H3,(H,30,34). The number of hydrogen-bond donors (Lipinski definition) is 1. The van der Waals surface area contributed by atoms with Gasteiger partial charge in [0.25, 0.3) is 17.5 Å². The molecule has 3 aromatic rings. The normalized spacial score (nSPS) is 14.0. The van der Waals surface area contributed by atoms with Crippen molar-refractivity contribution in [2.75, 3.05) is 34.8 Å². The lowest BCUT2D eigenvalue weighted by molar-refractivity contribution is -0.384. The summed E-state index contributed by atoms with van der Waals surface area (Å²) in [6, 6.07) is 18.6. The van der Waals surface area contributed by atoms with Crippen molar-refractivity contribution in [2.45, 2.75) is 13.8 Å². The van der Waals surface area contributed by atoms with Gasteiger partial charge in [-0.25, -0.2) is 0 Å². The van der Waals surface area contributed by atoms with Gasteiger partial charge in [0.1, 0.15) is 5.75 Å². The minimum Gasteiger partial charge on any atom is -0.483 e. The Morgan fingerprint density at radius 3 is 2.60 bits per heavy atom. The van der Waals surface area contributed by atoms with E-state index in [4.69, 9.17) is 17.0 Å². The number of ether oxygens (including phenoxy) is 1. The van der Waals surface area contributed by atoms with E-state index in [9.17, 15) is 19.7 Å². The summed E-state index contributed by atoms with van der Waals surface area (Å²) in [5.41, 5.74) is 2.32. The predicted octanol–water partition coefficient (Wildman–Crippen LogP) is 6.63. The van der Waals surface area contributed by atoms with Crippen LogP contribution in [0.4, 0.5) is 22.7 Å². The molecule has 0 unspecified atom stereocenters. The van der Waals surface area contributed by atoms with Gasteiger partial charge in [0, 0.05) is 52.7 Å². The zero-order chi connectivity index (χ0) is 28.8. The fraction of sp³-hybridized carbons (Fsp3) is 0.179. The minimum atomic E-state index is -0.531. The summed E-state index contributed by atoms with van der Waals surface area (Å²) in [4.78, 5) is 40.5. The van der Waals surface area contributed by atoms with E-state index in [1.165, 1.54) is 34.9 Å². The number of thioether (sulfide) groups is 1. The maximum absolute atomic E-state index is 13.3. The quantitative estimate of drug-likeness (QED) is 0.114. The van der Waals surface area contributed by atoms with Gasteiger partial charge in [-0.15, -0.1) is 0 Å². The molecule has 40 heavy (non-hydrogen) atoms. The highest BCUT2D eigenvalue weighted by molar-refractivity contribution is 9.10. The molecule has 0 spiro atoms. The number of carbonyl (C=O) groups is 2. The van der Waals surface area contributed by atoms with Crippen molar-refractivity contribution >= 4 is 84.9 Å². The monoisotopic (exact) mass is 640 g/mol. The average Bonchev–Trinajstić information content (AvgIpc) is 3.21. The fourth-order valence-electron chi connectivity index (χ4n) is 4.04. The van der Waals surface area contributed by atoms with Crippen molar-refractivity contribution in [1.29, 1.82) is 0 Å². The summed E-state index contributed by atoms with van der Waals surface area (Å²) < 4.78 is 7.18. The SMILES string of the molecule is CCN(CC)c1ccc(C=C2SC(=S)N(c3cccc(Br)c3)C2=O)c(OCC(=O)Nc2cccc([N+](=O)[O-])c2)c1. The van der Waals surface area contributed by atoms with E-state index in [1.807, 2.05) is 56.3 Å². The first-order valence-electron chi connectivity index (χ1n) is 12.3. The molecule has 0 aromatic heterocycles. The zero-order valence-electron chi connectivity index (χ0n) is 21.6. The molecule has 0 saturated carbocycles. The Labute approximate surface area is 249 Å². The highest BCUT2D eigenvalue weighted by Crippen LogP contribution is 2.38. The number of nitro benzene ring substituents is 1. The van der Waals surface area contributed by atoms with Gasteiger partial charge in [-0.1, -0.05) is 52.0 Å². The molecule has 1 fully saturated rings. The summed E-state index contributed by atoms with van der Waals surface area (Å²) in [7, 11) is 0. The number of hydrogen-bond acceptors (Lipinski definition) is 8. The molecule has 1 aliphatic heterocycles. The Hall–Kier alpha value is -3.74. The summed E-state index contributed by atoms with van der Waals surface area (Å²) in [6.45, 7) is 5.28. The van der Waals surface area contributed by atoms with E-state index in [-0.39, 0.29) is 23.9 Å². The first kappa shape index (κ1) is 29.2. The second-order valence-corrected chi connectivity index (χ2v) is 11.1. The lowest BCUT2D eigenvalue weighted by Gasteiger charge is -2.22. The number of amides is 2.